The van der Waals surface area contributed by atoms with E-state index < -0.39 is 0 Å². The zero-order chi connectivity index (χ0) is 18.1. The van der Waals surface area contributed by atoms with Crippen molar-refractivity contribution in [3.05, 3.63) is 70.9 Å². The molecule has 3 aromatic rings. The highest BCUT2D eigenvalue weighted by Crippen LogP contribution is 2.29. The second-order valence-corrected chi connectivity index (χ2v) is 6.98. The summed E-state index contributed by atoms with van der Waals surface area (Å²) in [5.41, 5.74) is 4.89. The minimum absolute atomic E-state index is 0.0492. The van der Waals surface area contributed by atoms with Crippen LogP contribution in [0.1, 0.15) is 11.3 Å². The van der Waals surface area contributed by atoms with Gasteiger partial charge in [-0.05, 0) is 29.8 Å². The lowest BCUT2D eigenvalue weighted by Gasteiger charge is -2.20. The summed E-state index contributed by atoms with van der Waals surface area (Å²) in [6.45, 7) is 0.480. The Morgan fingerprint density at radius 3 is 2.85 bits per heavy atom. The summed E-state index contributed by atoms with van der Waals surface area (Å²) in [5.74, 6) is 0.0492. The number of nitrogens with zero attached hydrogens (tertiary/aromatic N) is 2. The average molecular weight is 367 g/mol. The third-order valence-electron chi connectivity index (χ3n) is 4.60. The molecule has 1 aliphatic heterocycles. The number of aromatic amines is 1. The van der Waals surface area contributed by atoms with Crippen molar-refractivity contribution in [2.24, 2.45) is 0 Å². The highest BCUT2D eigenvalue weighted by Gasteiger charge is 2.29. The molecule has 0 unspecified atom stereocenters. The third kappa shape index (κ3) is 3.30. The van der Waals surface area contributed by atoms with Crippen LogP contribution in [0.25, 0.3) is 11.3 Å². The molecule has 5 nitrogen and oxygen atoms in total. The van der Waals surface area contributed by atoms with Crippen molar-refractivity contribution in [3.8, 4) is 11.3 Å². The van der Waals surface area contributed by atoms with Crippen LogP contribution in [0.2, 0.25) is 5.02 Å². The molecule has 0 fully saturated rings. The van der Waals surface area contributed by atoms with Crippen LogP contribution in [-0.2, 0) is 17.8 Å². The quantitative estimate of drug-likeness (QED) is 0.739. The van der Waals surface area contributed by atoms with E-state index in [9.17, 15) is 4.79 Å². The van der Waals surface area contributed by atoms with Gasteiger partial charge < -0.3 is 10.2 Å². The van der Waals surface area contributed by atoms with Crippen LogP contribution in [0.15, 0.2) is 54.6 Å². The van der Waals surface area contributed by atoms with Crippen molar-refractivity contribution in [1.29, 1.82) is 0 Å². The summed E-state index contributed by atoms with van der Waals surface area (Å²) >= 11 is 6.04. The van der Waals surface area contributed by atoms with Gasteiger partial charge in [0.15, 0.2) is 0 Å². The molecule has 0 bridgehead atoms. The molecule has 1 aliphatic rings. The van der Waals surface area contributed by atoms with E-state index in [0.29, 0.717) is 18.0 Å². The average Bonchev–Trinajstić information content (AvgIpc) is 3.28. The first kappa shape index (κ1) is 16.7. The Morgan fingerprint density at radius 1 is 1.23 bits per heavy atom. The normalized spacial score (nSPS) is 15.4. The molecule has 26 heavy (non-hydrogen) atoms. The summed E-state index contributed by atoms with van der Waals surface area (Å²) in [4.78, 5) is 14.5. The van der Waals surface area contributed by atoms with Crippen molar-refractivity contribution in [2.45, 2.75) is 19.0 Å². The van der Waals surface area contributed by atoms with Gasteiger partial charge in [-0.1, -0.05) is 41.9 Å². The van der Waals surface area contributed by atoms with Crippen molar-refractivity contribution in [2.75, 3.05) is 12.4 Å². The van der Waals surface area contributed by atoms with Gasteiger partial charge in [0.25, 0.3) is 0 Å². The number of rotatable bonds is 4. The molecule has 0 aliphatic carbocycles. The van der Waals surface area contributed by atoms with Crippen LogP contribution < -0.4 is 5.32 Å². The molecule has 2 aromatic carbocycles. The maximum atomic E-state index is 12.8. The van der Waals surface area contributed by atoms with E-state index in [1.165, 1.54) is 0 Å². The highest BCUT2D eigenvalue weighted by molar-refractivity contribution is 6.30. The van der Waals surface area contributed by atoms with Crippen molar-refractivity contribution in [1.82, 2.24) is 15.1 Å². The van der Waals surface area contributed by atoms with Gasteiger partial charge in [-0.15, -0.1) is 0 Å². The number of aromatic nitrogens is 2. The first-order valence-corrected chi connectivity index (χ1v) is 8.87. The molecule has 132 valence electrons. The summed E-state index contributed by atoms with van der Waals surface area (Å²) in [7, 11) is 1.81. The maximum Gasteiger partial charge on any atom is 0.245 e. The highest BCUT2D eigenvalue weighted by atomic mass is 35.5. The monoisotopic (exact) mass is 366 g/mol. The van der Waals surface area contributed by atoms with E-state index in [2.05, 4.69) is 15.5 Å². The van der Waals surface area contributed by atoms with E-state index in [1.54, 1.807) is 4.90 Å². The molecule has 0 spiro atoms. The molecule has 2 heterocycles. The summed E-state index contributed by atoms with van der Waals surface area (Å²) < 4.78 is 0. The van der Waals surface area contributed by atoms with Crippen molar-refractivity contribution in [3.63, 3.8) is 0 Å². The number of H-pyrrole nitrogens is 1. The zero-order valence-corrected chi connectivity index (χ0v) is 15.1. The fourth-order valence-corrected chi connectivity index (χ4v) is 3.47. The van der Waals surface area contributed by atoms with E-state index in [1.807, 2.05) is 61.6 Å². The number of nitrogens with one attached hydrogen (secondary N) is 2. The first-order valence-electron chi connectivity index (χ1n) is 8.50. The Balaban J connectivity index is 1.42. The lowest BCUT2D eigenvalue weighted by Crippen LogP contribution is -2.39. The number of benzene rings is 2. The third-order valence-corrected chi connectivity index (χ3v) is 4.84. The van der Waals surface area contributed by atoms with Gasteiger partial charge in [-0.2, -0.15) is 5.10 Å². The van der Waals surface area contributed by atoms with Crippen LogP contribution in [0.5, 0.6) is 0 Å². The van der Waals surface area contributed by atoms with Crippen LogP contribution in [0.4, 0.5) is 5.69 Å². The molecular weight excluding hydrogens is 348 g/mol. The van der Waals surface area contributed by atoms with E-state index in [4.69, 9.17) is 11.6 Å². The predicted octanol–water partition coefficient (Wildman–Crippen LogP) is 3.73. The first-order chi connectivity index (χ1) is 12.6. The largest absolute Gasteiger partial charge is 0.373 e. The Morgan fingerprint density at radius 2 is 2.04 bits per heavy atom. The summed E-state index contributed by atoms with van der Waals surface area (Å²) in [5, 5.41) is 11.3. The number of likely N-dealkylation sites (N-methyl/N-ethyl adjacent to an activating group) is 1. The number of carbonyl (C=O) groups is 1. The van der Waals surface area contributed by atoms with E-state index >= 15 is 0 Å². The van der Waals surface area contributed by atoms with Crippen LogP contribution in [-0.4, -0.2) is 34.1 Å². The van der Waals surface area contributed by atoms with Gasteiger partial charge in [-0.3, -0.25) is 9.89 Å². The standard InChI is InChI=1S/C20H19ClN4O/c1-25(12-16-11-18(24-23-16)13-5-3-2-4-6-13)20(26)19-10-14-9-15(21)7-8-17(14)22-19/h2-9,11,19,22H,10,12H2,1H3,(H,23,24)/t19-/m1/s1. The van der Waals surface area contributed by atoms with E-state index in [0.717, 1.165) is 28.2 Å². The molecule has 0 saturated carbocycles. The smallest absolute Gasteiger partial charge is 0.245 e. The lowest BCUT2D eigenvalue weighted by atomic mass is 10.1. The number of carbonyl (C=O) groups excluding carboxylic acids is 1. The van der Waals surface area contributed by atoms with Gasteiger partial charge in [0.05, 0.1) is 17.9 Å². The second kappa shape index (κ2) is 6.84. The number of anilines is 1. The second-order valence-electron chi connectivity index (χ2n) is 6.54. The SMILES string of the molecule is CN(Cc1cc(-c2ccccc2)n[nH]1)C(=O)[C@H]1Cc2cc(Cl)ccc2N1. The summed E-state index contributed by atoms with van der Waals surface area (Å²) in [6.07, 6.45) is 0.650. The molecule has 1 aromatic heterocycles. The minimum atomic E-state index is -0.259. The Hall–Kier alpha value is -2.79. The molecule has 1 amide bonds. The fourth-order valence-electron chi connectivity index (χ4n) is 3.28. The fraction of sp³-hybridized carbons (Fsp3) is 0.200. The Kier molecular flexibility index (Phi) is 4.39. The van der Waals surface area contributed by atoms with E-state index in [-0.39, 0.29) is 11.9 Å². The minimum Gasteiger partial charge on any atom is -0.373 e. The Bertz CT molecular complexity index is 938. The van der Waals surface area contributed by atoms with Crippen molar-refractivity contribution < 1.29 is 4.79 Å². The van der Waals surface area contributed by atoms with Gasteiger partial charge in [0.2, 0.25) is 5.91 Å². The number of amides is 1. The van der Waals surface area contributed by atoms with Gasteiger partial charge in [0, 0.05) is 29.7 Å². The maximum absolute atomic E-state index is 12.8. The molecule has 2 N–H and O–H groups in total. The van der Waals surface area contributed by atoms with Crippen LogP contribution in [0.3, 0.4) is 0 Å². The number of halogens is 1. The molecule has 6 heteroatoms. The lowest BCUT2D eigenvalue weighted by molar-refractivity contribution is -0.131. The van der Waals surface area contributed by atoms with Crippen LogP contribution >= 0.6 is 11.6 Å². The van der Waals surface area contributed by atoms with Crippen LogP contribution in [0, 0.1) is 0 Å². The Labute approximate surface area is 157 Å². The zero-order valence-electron chi connectivity index (χ0n) is 14.4. The van der Waals surface area contributed by atoms with Crippen molar-refractivity contribution >= 4 is 23.2 Å². The molecule has 4 rings (SSSR count). The number of fused-ring (bicyclic) bond motifs is 1. The summed E-state index contributed by atoms with van der Waals surface area (Å²) in [6, 6.07) is 17.4. The topological polar surface area (TPSA) is 61.0 Å². The van der Waals surface area contributed by atoms with Gasteiger partial charge >= 0.3 is 0 Å². The molecule has 1 atom stereocenters. The predicted molar refractivity (Wildman–Crippen MR) is 103 cm³/mol. The van der Waals surface area contributed by atoms with Gasteiger partial charge in [-0.25, -0.2) is 0 Å². The van der Waals surface area contributed by atoms with Gasteiger partial charge in [0.1, 0.15) is 6.04 Å². The number of hydrogen-bond donors (Lipinski definition) is 2. The molecule has 0 saturated heterocycles. The molecule has 0 radical (unpaired) electrons. The molecular formula is C20H19ClN4O. The number of hydrogen-bond acceptors (Lipinski definition) is 3.